The van der Waals surface area contributed by atoms with Crippen molar-refractivity contribution >= 4 is 33.3 Å². The molecule has 0 saturated carbocycles. The second kappa shape index (κ2) is 6.23. The summed E-state index contributed by atoms with van der Waals surface area (Å²) < 4.78 is 35.7. The van der Waals surface area contributed by atoms with Crippen LogP contribution in [0.1, 0.15) is 22.5 Å². The van der Waals surface area contributed by atoms with Gasteiger partial charge in [0.15, 0.2) is 9.96 Å². The molecule has 122 valence electrons. The van der Waals surface area contributed by atoms with Crippen molar-refractivity contribution in [2.24, 2.45) is 0 Å². The molecule has 8 nitrogen and oxygen atoms in total. The van der Waals surface area contributed by atoms with Gasteiger partial charge >= 0.3 is 11.9 Å². The number of methoxy groups -OCH3 is 2. The normalized spacial score (nSPS) is 19.1. The van der Waals surface area contributed by atoms with Crippen molar-refractivity contribution in [1.29, 1.82) is 0 Å². The third kappa shape index (κ3) is 2.81. The highest BCUT2D eigenvalue weighted by molar-refractivity contribution is 7.91. The molecule has 1 aliphatic rings. The van der Waals surface area contributed by atoms with E-state index in [4.69, 9.17) is 9.84 Å². The predicted molar refractivity (Wildman–Crippen MR) is 76.8 cm³/mol. The zero-order valence-corrected chi connectivity index (χ0v) is 13.6. The van der Waals surface area contributed by atoms with Crippen LogP contribution in [-0.4, -0.2) is 56.6 Å². The average Bonchev–Trinajstić information content (AvgIpc) is 3.13. The quantitative estimate of drug-likeness (QED) is 0.782. The molecule has 1 aromatic rings. The Bertz CT molecular complexity index is 694. The van der Waals surface area contributed by atoms with Gasteiger partial charge in [0.05, 0.1) is 14.2 Å². The zero-order chi connectivity index (χ0) is 16.5. The first kappa shape index (κ1) is 16.7. The fourth-order valence-electron chi connectivity index (χ4n) is 2.26. The maximum absolute atomic E-state index is 12.7. The number of nitrogens with zero attached hydrogens (tertiary/aromatic N) is 1. The molecule has 0 unspecified atom stereocenters. The lowest BCUT2D eigenvalue weighted by atomic mass is 10.2. The van der Waals surface area contributed by atoms with Crippen molar-refractivity contribution in [3.63, 3.8) is 0 Å². The van der Waals surface area contributed by atoms with E-state index in [2.05, 4.69) is 4.74 Å². The molecule has 1 N–H and O–H groups in total. The number of thiophene rings is 1. The Morgan fingerprint density at radius 3 is 2.64 bits per heavy atom. The molecule has 0 amide bonds. The lowest BCUT2D eigenvalue weighted by molar-refractivity contribution is -0.140. The van der Waals surface area contributed by atoms with E-state index in [1.54, 1.807) is 0 Å². The fourth-order valence-corrected chi connectivity index (χ4v) is 5.52. The highest BCUT2D eigenvalue weighted by Gasteiger charge is 2.42. The van der Waals surface area contributed by atoms with Crippen LogP contribution in [0.15, 0.2) is 10.3 Å². The molecule has 1 saturated heterocycles. The number of hydrogen-bond donors (Lipinski definition) is 1. The summed E-state index contributed by atoms with van der Waals surface area (Å²) >= 11 is 0.702. The van der Waals surface area contributed by atoms with Crippen LogP contribution in [0.3, 0.4) is 0 Å². The maximum Gasteiger partial charge on any atom is 0.348 e. The summed E-state index contributed by atoms with van der Waals surface area (Å²) in [4.78, 5) is 22.8. The second-order valence-corrected chi connectivity index (χ2v) is 7.71. The summed E-state index contributed by atoms with van der Waals surface area (Å²) in [6.07, 6.45) is 0.722. The molecule has 0 aromatic carbocycles. The van der Waals surface area contributed by atoms with Crippen molar-refractivity contribution in [3.05, 3.63) is 10.9 Å². The molecule has 1 aliphatic heterocycles. The molecule has 1 fully saturated rings. The minimum Gasteiger partial charge on any atom is -0.494 e. The first-order valence-corrected chi connectivity index (χ1v) is 8.59. The molecule has 0 aliphatic carbocycles. The SMILES string of the molecule is COC(=O)c1cc(OC)c(S(=O)(=O)N2CCC[C@@H]2C(=O)O)s1. The van der Waals surface area contributed by atoms with Crippen LogP contribution < -0.4 is 4.74 Å². The molecule has 0 spiro atoms. The third-order valence-electron chi connectivity index (χ3n) is 3.30. The van der Waals surface area contributed by atoms with Crippen LogP contribution in [0, 0.1) is 0 Å². The van der Waals surface area contributed by atoms with Gasteiger partial charge in [0.2, 0.25) is 0 Å². The first-order chi connectivity index (χ1) is 10.3. The van der Waals surface area contributed by atoms with Gasteiger partial charge in [-0.2, -0.15) is 4.31 Å². The Hall–Kier alpha value is -1.65. The monoisotopic (exact) mass is 349 g/mol. The van der Waals surface area contributed by atoms with Gasteiger partial charge in [-0.05, 0) is 12.8 Å². The Kier molecular flexibility index (Phi) is 4.73. The van der Waals surface area contributed by atoms with E-state index in [0.717, 1.165) is 4.31 Å². The van der Waals surface area contributed by atoms with Gasteiger partial charge < -0.3 is 14.6 Å². The van der Waals surface area contributed by atoms with Gasteiger partial charge in [0.25, 0.3) is 10.0 Å². The van der Waals surface area contributed by atoms with Crippen LogP contribution in [-0.2, 0) is 19.6 Å². The van der Waals surface area contributed by atoms with Crippen LogP contribution in [0.25, 0.3) is 0 Å². The van der Waals surface area contributed by atoms with Crippen LogP contribution in [0.2, 0.25) is 0 Å². The molecule has 1 aromatic heterocycles. The lowest BCUT2D eigenvalue weighted by Gasteiger charge is -2.20. The first-order valence-electron chi connectivity index (χ1n) is 6.33. The van der Waals surface area contributed by atoms with Crippen molar-refractivity contribution < 1.29 is 32.6 Å². The molecule has 10 heteroatoms. The van der Waals surface area contributed by atoms with Crippen molar-refractivity contribution in [1.82, 2.24) is 4.31 Å². The van der Waals surface area contributed by atoms with Crippen molar-refractivity contribution in [2.45, 2.75) is 23.1 Å². The van der Waals surface area contributed by atoms with Gasteiger partial charge in [-0.25, -0.2) is 13.2 Å². The fraction of sp³-hybridized carbons (Fsp3) is 0.500. The van der Waals surface area contributed by atoms with Gasteiger partial charge in [-0.3, -0.25) is 4.79 Å². The van der Waals surface area contributed by atoms with Gasteiger partial charge in [-0.15, -0.1) is 11.3 Å². The summed E-state index contributed by atoms with van der Waals surface area (Å²) in [6.45, 7) is 0.119. The Morgan fingerprint density at radius 1 is 1.41 bits per heavy atom. The van der Waals surface area contributed by atoms with E-state index in [9.17, 15) is 18.0 Å². The number of sulfonamides is 1. The number of carboxylic acid groups (broad SMARTS) is 1. The smallest absolute Gasteiger partial charge is 0.348 e. The lowest BCUT2D eigenvalue weighted by Crippen LogP contribution is -2.40. The van der Waals surface area contributed by atoms with Crippen molar-refractivity contribution in [3.8, 4) is 5.75 Å². The summed E-state index contributed by atoms with van der Waals surface area (Å²) in [5.41, 5.74) is 0. The van der Waals surface area contributed by atoms with Crippen LogP contribution in [0.5, 0.6) is 5.75 Å². The summed E-state index contributed by atoms with van der Waals surface area (Å²) in [5, 5.41) is 9.14. The zero-order valence-electron chi connectivity index (χ0n) is 11.9. The summed E-state index contributed by atoms with van der Waals surface area (Å²) in [7, 11) is -1.60. The number of carbonyl (C=O) groups is 2. The Morgan fingerprint density at radius 2 is 2.09 bits per heavy atom. The average molecular weight is 349 g/mol. The molecular formula is C12H15NO7S2. The van der Waals surface area contributed by atoms with E-state index in [-0.39, 0.29) is 27.8 Å². The highest BCUT2D eigenvalue weighted by atomic mass is 32.2. The van der Waals surface area contributed by atoms with E-state index in [1.165, 1.54) is 20.3 Å². The molecule has 0 radical (unpaired) electrons. The third-order valence-corrected chi connectivity index (χ3v) is 6.80. The number of ether oxygens (including phenoxy) is 2. The van der Waals surface area contributed by atoms with E-state index in [0.29, 0.717) is 17.8 Å². The van der Waals surface area contributed by atoms with Gasteiger partial charge in [0, 0.05) is 12.6 Å². The van der Waals surface area contributed by atoms with Gasteiger partial charge in [-0.1, -0.05) is 0 Å². The molecular weight excluding hydrogens is 334 g/mol. The van der Waals surface area contributed by atoms with E-state index in [1.807, 2.05) is 0 Å². The minimum absolute atomic E-state index is 0.00133. The minimum atomic E-state index is -4.06. The Labute approximate surface area is 131 Å². The number of rotatable bonds is 5. The number of carboxylic acids is 1. The number of carbonyl (C=O) groups excluding carboxylic acids is 1. The second-order valence-electron chi connectivity index (χ2n) is 4.57. The predicted octanol–water partition coefficient (Wildman–Crippen LogP) is 0.781. The topological polar surface area (TPSA) is 110 Å². The molecule has 2 heterocycles. The maximum atomic E-state index is 12.7. The standard InChI is InChI=1S/C12H15NO7S2/c1-19-8-6-9(11(16)20-2)21-12(8)22(17,18)13-5-3-4-7(13)10(14)15/h6-7H,3-5H2,1-2H3,(H,14,15)/t7-/m1/s1. The van der Waals surface area contributed by atoms with Crippen molar-refractivity contribution in [2.75, 3.05) is 20.8 Å². The van der Waals surface area contributed by atoms with Crippen LogP contribution in [0.4, 0.5) is 0 Å². The number of aliphatic carboxylic acids is 1. The summed E-state index contributed by atoms with van der Waals surface area (Å²) in [6, 6.07) is 0.174. The largest absolute Gasteiger partial charge is 0.494 e. The molecule has 22 heavy (non-hydrogen) atoms. The number of esters is 1. The van der Waals surface area contributed by atoms with E-state index < -0.39 is 28.0 Å². The van der Waals surface area contributed by atoms with Gasteiger partial charge in [0.1, 0.15) is 10.9 Å². The van der Waals surface area contributed by atoms with Crippen LogP contribution >= 0.6 is 11.3 Å². The highest BCUT2D eigenvalue weighted by Crippen LogP contribution is 2.38. The van der Waals surface area contributed by atoms with E-state index >= 15 is 0 Å². The Balaban J connectivity index is 2.47. The number of hydrogen-bond acceptors (Lipinski definition) is 7. The molecule has 0 bridgehead atoms. The molecule has 1 atom stereocenters. The summed E-state index contributed by atoms with van der Waals surface area (Å²) in [5.74, 6) is -1.87. The molecule has 2 rings (SSSR count).